The van der Waals surface area contributed by atoms with Gasteiger partial charge in [0.1, 0.15) is 0 Å². The summed E-state index contributed by atoms with van der Waals surface area (Å²) in [6.45, 7) is 11.6. The Morgan fingerprint density at radius 1 is 1.45 bits per heavy atom. The zero-order valence-electron chi connectivity index (χ0n) is 13.3. The standard InChI is InChI=1S/C15H29N3O2/c1-5-14(3,4)17-13(19)18-10-12(2)20-15(11-18)6-8-16-9-7-15/h12,16H,5-11H2,1-4H3,(H,17,19). The SMILES string of the molecule is CCC(C)(C)NC(=O)N1CC(C)OC2(CCNCC2)C1. The zero-order chi connectivity index (χ0) is 14.8. The van der Waals surface area contributed by atoms with E-state index in [1.807, 2.05) is 4.90 Å². The first kappa shape index (κ1) is 15.6. The molecule has 0 radical (unpaired) electrons. The molecule has 2 amide bonds. The summed E-state index contributed by atoms with van der Waals surface area (Å²) in [4.78, 5) is 14.4. The van der Waals surface area contributed by atoms with Crippen molar-refractivity contribution in [2.75, 3.05) is 26.2 Å². The normalized spacial score (nSPS) is 26.6. The highest BCUT2D eigenvalue weighted by Crippen LogP contribution is 2.30. The molecule has 1 atom stereocenters. The number of rotatable bonds is 2. The molecule has 2 N–H and O–H groups in total. The number of hydrogen-bond acceptors (Lipinski definition) is 3. The van der Waals surface area contributed by atoms with Gasteiger partial charge in [0.15, 0.2) is 0 Å². The van der Waals surface area contributed by atoms with Crippen LogP contribution >= 0.6 is 0 Å². The van der Waals surface area contributed by atoms with Crippen LogP contribution in [-0.4, -0.2) is 54.4 Å². The molecule has 0 saturated carbocycles. The number of carbonyl (C=O) groups is 1. The summed E-state index contributed by atoms with van der Waals surface area (Å²) in [5, 5.41) is 6.50. The Morgan fingerprint density at radius 3 is 2.70 bits per heavy atom. The van der Waals surface area contributed by atoms with Gasteiger partial charge in [0, 0.05) is 12.1 Å². The fraction of sp³-hybridized carbons (Fsp3) is 0.933. The molecule has 0 aliphatic carbocycles. The third-order valence-electron chi connectivity index (χ3n) is 4.54. The first-order valence-electron chi connectivity index (χ1n) is 7.81. The largest absolute Gasteiger partial charge is 0.368 e. The summed E-state index contributed by atoms with van der Waals surface area (Å²) in [7, 11) is 0. The van der Waals surface area contributed by atoms with Gasteiger partial charge in [-0.05, 0) is 53.1 Å². The maximum Gasteiger partial charge on any atom is 0.317 e. The van der Waals surface area contributed by atoms with Gasteiger partial charge in [-0.25, -0.2) is 4.79 Å². The number of hydrogen-bond donors (Lipinski definition) is 2. The van der Waals surface area contributed by atoms with Crippen molar-refractivity contribution in [3.8, 4) is 0 Å². The van der Waals surface area contributed by atoms with E-state index in [1.165, 1.54) is 0 Å². The minimum Gasteiger partial charge on any atom is -0.368 e. The van der Waals surface area contributed by atoms with Crippen LogP contribution in [0.2, 0.25) is 0 Å². The summed E-state index contributed by atoms with van der Waals surface area (Å²) in [6, 6.07) is 0.0462. The fourth-order valence-electron chi connectivity index (χ4n) is 2.99. The Labute approximate surface area is 122 Å². The Morgan fingerprint density at radius 2 is 2.10 bits per heavy atom. The maximum absolute atomic E-state index is 12.5. The quantitative estimate of drug-likeness (QED) is 0.811. The topological polar surface area (TPSA) is 53.6 Å². The minimum atomic E-state index is -0.153. The van der Waals surface area contributed by atoms with Crippen LogP contribution in [0.25, 0.3) is 0 Å². The van der Waals surface area contributed by atoms with Gasteiger partial charge in [-0.2, -0.15) is 0 Å². The average Bonchev–Trinajstić information content (AvgIpc) is 2.38. The lowest BCUT2D eigenvalue weighted by Crippen LogP contribution is -2.62. The molecule has 0 aromatic heterocycles. The number of piperidine rings is 1. The van der Waals surface area contributed by atoms with E-state index in [9.17, 15) is 4.79 Å². The number of morpholine rings is 1. The molecule has 1 spiro atoms. The van der Waals surface area contributed by atoms with Crippen molar-refractivity contribution < 1.29 is 9.53 Å². The van der Waals surface area contributed by atoms with E-state index >= 15 is 0 Å². The van der Waals surface area contributed by atoms with Gasteiger partial charge < -0.3 is 20.3 Å². The molecule has 5 heteroatoms. The second-order valence-corrected chi connectivity index (χ2v) is 6.91. The molecule has 0 bridgehead atoms. The van der Waals surface area contributed by atoms with Crippen LogP contribution in [0.4, 0.5) is 4.79 Å². The minimum absolute atomic E-state index is 0.0462. The van der Waals surface area contributed by atoms with Crippen molar-refractivity contribution in [2.24, 2.45) is 0 Å². The molecular weight excluding hydrogens is 254 g/mol. The highest BCUT2D eigenvalue weighted by molar-refractivity contribution is 5.75. The molecule has 20 heavy (non-hydrogen) atoms. The van der Waals surface area contributed by atoms with Crippen LogP contribution in [0.3, 0.4) is 0 Å². The van der Waals surface area contributed by atoms with Crippen molar-refractivity contribution in [1.29, 1.82) is 0 Å². The third-order valence-corrected chi connectivity index (χ3v) is 4.54. The van der Waals surface area contributed by atoms with E-state index in [0.29, 0.717) is 13.1 Å². The molecule has 2 aliphatic rings. The first-order valence-corrected chi connectivity index (χ1v) is 7.81. The number of amides is 2. The second kappa shape index (κ2) is 5.90. The van der Waals surface area contributed by atoms with Gasteiger partial charge >= 0.3 is 6.03 Å². The monoisotopic (exact) mass is 283 g/mol. The van der Waals surface area contributed by atoms with Crippen LogP contribution in [0.5, 0.6) is 0 Å². The van der Waals surface area contributed by atoms with Crippen molar-refractivity contribution in [1.82, 2.24) is 15.5 Å². The van der Waals surface area contributed by atoms with Gasteiger partial charge in [0.25, 0.3) is 0 Å². The summed E-state index contributed by atoms with van der Waals surface area (Å²) >= 11 is 0. The predicted octanol–water partition coefficient (Wildman–Crippen LogP) is 1.73. The van der Waals surface area contributed by atoms with Crippen LogP contribution in [-0.2, 0) is 4.74 Å². The highest BCUT2D eigenvalue weighted by atomic mass is 16.5. The molecular formula is C15H29N3O2. The summed E-state index contributed by atoms with van der Waals surface area (Å²) in [6.07, 6.45) is 3.00. The van der Waals surface area contributed by atoms with Gasteiger partial charge in [-0.1, -0.05) is 6.92 Å². The van der Waals surface area contributed by atoms with Crippen LogP contribution in [0.1, 0.15) is 47.0 Å². The van der Waals surface area contributed by atoms with Crippen LogP contribution in [0, 0.1) is 0 Å². The van der Waals surface area contributed by atoms with Gasteiger partial charge in [-0.15, -0.1) is 0 Å². The van der Waals surface area contributed by atoms with E-state index in [2.05, 4.69) is 38.3 Å². The molecule has 116 valence electrons. The number of carbonyl (C=O) groups excluding carboxylic acids is 1. The molecule has 2 saturated heterocycles. The molecule has 0 aromatic carbocycles. The van der Waals surface area contributed by atoms with Crippen LogP contribution < -0.4 is 10.6 Å². The molecule has 2 rings (SSSR count). The molecule has 1 unspecified atom stereocenters. The van der Waals surface area contributed by atoms with Crippen molar-refractivity contribution in [3.63, 3.8) is 0 Å². The Kier molecular flexibility index (Phi) is 4.59. The predicted molar refractivity (Wildman–Crippen MR) is 79.9 cm³/mol. The lowest BCUT2D eigenvalue weighted by molar-refractivity contribution is -0.150. The van der Waals surface area contributed by atoms with E-state index in [1.54, 1.807) is 0 Å². The molecule has 2 fully saturated rings. The van der Waals surface area contributed by atoms with Crippen LogP contribution in [0.15, 0.2) is 0 Å². The summed E-state index contributed by atoms with van der Waals surface area (Å²) in [5.74, 6) is 0. The zero-order valence-corrected chi connectivity index (χ0v) is 13.3. The Bertz CT molecular complexity index is 351. The first-order chi connectivity index (χ1) is 9.36. The fourth-order valence-corrected chi connectivity index (χ4v) is 2.99. The number of urea groups is 1. The lowest BCUT2D eigenvalue weighted by Gasteiger charge is -2.48. The lowest BCUT2D eigenvalue weighted by atomic mass is 9.89. The summed E-state index contributed by atoms with van der Waals surface area (Å²) < 4.78 is 6.19. The van der Waals surface area contributed by atoms with Crippen molar-refractivity contribution in [3.05, 3.63) is 0 Å². The van der Waals surface area contributed by atoms with E-state index in [4.69, 9.17) is 4.74 Å². The summed E-state index contributed by atoms with van der Waals surface area (Å²) in [5.41, 5.74) is -0.295. The maximum atomic E-state index is 12.5. The van der Waals surface area contributed by atoms with Gasteiger partial charge in [0.05, 0.1) is 18.2 Å². The number of ether oxygens (including phenoxy) is 1. The number of nitrogens with zero attached hydrogens (tertiary/aromatic N) is 1. The second-order valence-electron chi connectivity index (χ2n) is 6.91. The third kappa shape index (κ3) is 3.64. The Hall–Kier alpha value is -0.810. The molecule has 0 aromatic rings. The van der Waals surface area contributed by atoms with Gasteiger partial charge in [-0.3, -0.25) is 0 Å². The van der Waals surface area contributed by atoms with Crippen molar-refractivity contribution >= 4 is 6.03 Å². The smallest absolute Gasteiger partial charge is 0.317 e. The van der Waals surface area contributed by atoms with Crippen molar-refractivity contribution in [2.45, 2.75) is 64.2 Å². The molecule has 2 heterocycles. The van der Waals surface area contributed by atoms with Gasteiger partial charge in [0.2, 0.25) is 0 Å². The Balaban J connectivity index is 2.02. The van der Waals surface area contributed by atoms with E-state index < -0.39 is 0 Å². The highest BCUT2D eigenvalue weighted by Gasteiger charge is 2.42. The van der Waals surface area contributed by atoms with E-state index in [-0.39, 0.29) is 23.3 Å². The molecule has 5 nitrogen and oxygen atoms in total. The molecule has 2 aliphatic heterocycles. The van der Waals surface area contributed by atoms with E-state index in [0.717, 1.165) is 32.4 Å². The number of nitrogens with one attached hydrogen (secondary N) is 2. The average molecular weight is 283 g/mol.